The Kier molecular flexibility index (Phi) is 5.09. The van der Waals surface area contributed by atoms with Crippen LogP contribution in [0.15, 0.2) is 22.7 Å². The Morgan fingerprint density at radius 3 is 2.68 bits per heavy atom. The highest BCUT2D eigenvalue weighted by atomic mass is 79.9. The molecule has 2 nitrogen and oxygen atoms in total. The van der Waals surface area contributed by atoms with Crippen LogP contribution in [-0.2, 0) is 0 Å². The average Bonchev–Trinajstić information content (AvgIpc) is 2.83. The van der Waals surface area contributed by atoms with Gasteiger partial charge >= 0.3 is 0 Å². The number of rotatable bonds is 3. The van der Waals surface area contributed by atoms with Crippen LogP contribution in [0.3, 0.4) is 0 Å². The largest absolute Gasteiger partial charge is 0.357 e. The van der Waals surface area contributed by atoms with E-state index < -0.39 is 0 Å². The highest BCUT2D eigenvalue weighted by Gasteiger charge is 2.32. The Hall–Kier alpha value is -0.320. The summed E-state index contributed by atoms with van der Waals surface area (Å²) in [5.74, 6) is 0. The molecule has 5 heteroatoms. The summed E-state index contributed by atoms with van der Waals surface area (Å²) in [6.45, 7) is 2.22. The van der Waals surface area contributed by atoms with Crippen LogP contribution in [0.25, 0.3) is 0 Å². The molecule has 1 aliphatic carbocycles. The van der Waals surface area contributed by atoms with Crippen molar-refractivity contribution in [1.82, 2.24) is 5.32 Å². The summed E-state index contributed by atoms with van der Waals surface area (Å²) in [6, 6.07) is 5.74. The maximum Gasteiger partial charge on any atom is 0.171 e. The highest BCUT2D eigenvalue weighted by Crippen LogP contribution is 2.32. The second kappa shape index (κ2) is 6.42. The van der Waals surface area contributed by atoms with Gasteiger partial charge in [-0.3, -0.25) is 0 Å². The van der Waals surface area contributed by atoms with E-state index in [9.17, 15) is 0 Å². The van der Waals surface area contributed by atoms with E-state index in [4.69, 9.17) is 23.8 Å². The van der Waals surface area contributed by atoms with Gasteiger partial charge in [0.1, 0.15) is 0 Å². The average molecular weight is 362 g/mol. The van der Waals surface area contributed by atoms with Gasteiger partial charge in [0.25, 0.3) is 0 Å². The minimum atomic E-state index is 0.184. The summed E-state index contributed by atoms with van der Waals surface area (Å²) in [6.07, 6.45) is 6.08. The Labute approximate surface area is 133 Å². The van der Waals surface area contributed by atoms with Crippen molar-refractivity contribution in [3.8, 4) is 0 Å². The van der Waals surface area contributed by atoms with Crippen molar-refractivity contribution in [3.05, 3.63) is 27.7 Å². The molecule has 104 valence electrons. The Bertz CT molecular complexity index is 473. The van der Waals surface area contributed by atoms with Gasteiger partial charge < -0.3 is 10.6 Å². The van der Waals surface area contributed by atoms with Crippen molar-refractivity contribution >= 4 is 50.5 Å². The first-order valence-corrected chi connectivity index (χ1v) is 8.17. The van der Waals surface area contributed by atoms with E-state index in [1.807, 2.05) is 18.2 Å². The lowest BCUT2D eigenvalue weighted by molar-refractivity contribution is 0.378. The number of anilines is 1. The van der Waals surface area contributed by atoms with Crippen LogP contribution in [0.4, 0.5) is 5.69 Å². The highest BCUT2D eigenvalue weighted by molar-refractivity contribution is 9.10. The molecule has 0 saturated heterocycles. The van der Waals surface area contributed by atoms with Crippen LogP contribution in [0.2, 0.25) is 5.02 Å². The van der Waals surface area contributed by atoms with E-state index >= 15 is 0 Å². The normalized spacial score (nSPS) is 17.2. The fraction of sp³-hybridized carbons (Fsp3) is 0.500. The minimum Gasteiger partial charge on any atom is -0.357 e. The van der Waals surface area contributed by atoms with Crippen LogP contribution in [-0.4, -0.2) is 10.7 Å². The van der Waals surface area contributed by atoms with Crippen molar-refractivity contribution < 1.29 is 0 Å². The van der Waals surface area contributed by atoms with Crippen LogP contribution >= 0.6 is 39.7 Å². The molecule has 2 N–H and O–H groups in total. The Balaban J connectivity index is 1.99. The van der Waals surface area contributed by atoms with Gasteiger partial charge in [0.2, 0.25) is 0 Å². The fourth-order valence-electron chi connectivity index (χ4n) is 2.60. The maximum atomic E-state index is 6.07. The predicted molar refractivity (Wildman–Crippen MR) is 90.0 cm³/mol. The summed E-state index contributed by atoms with van der Waals surface area (Å²) in [5.41, 5.74) is 1.10. The van der Waals surface area contributed by atoms with Crippen molar-refractivity contribution in [3.63, 3.8) is 0 Å². The number of hydrogen-bond donors (Lipinski definition) is 2. The Morgan fingerprint density at radius 2 is 2.11 bits per heavy atom. The van der Waals surface area contributed by atoms with Crippen molar-refractivity contribution in [2.45, 2.75) is 44.6 Å². The number of nitrogens with one attached hydrogen (secondary N) is 2. The van der Waals surface area contributed by atoms with Gasteiger partial charge in [-0.1, -0.05) is 31.4 Å². The van der Waals surface area contributed by atoms with Crippen LogP contribution in [0, 0.1) is 0 Å². The number of halogens is 2. The van der Waals surface area contributed by atoms with Crippen LogP contribution in [0.1, 0.15) is 39.0 Å². The number of benzene rings is 1. The van der Waals surface area contributed by atoms with Gasteiger partial charge in [0.05, 0.1) is 5.02 Å². The quantitative estimate of drug-likeness (QED) is 0.731. The van der Waals surface area contributed by atoms with Gasteiger partial charge in [0.15, 0.2) is 5.11 Å². The van der Waals surface area contributed by atoms with Gasteiger partial charge in [-0.15, -0.1) is 0 Å². The van der Waals surface area contributed by atoms with Crippen LogP contribution in [0.5, 0.6) is 0 Å². The van der Waals surface area contributed by atoms with Crippen molar-refractivity contribution in [2.75, 3.05) is 5.32 Å². The summed E-state index contributed by atoms with van der Waals surface area (Å²) in [5, 5.41) is 8.06. The third kappa shape index (κ3) is 3.83. The summed E-state index contributed by atoms with van der Waals surface area (Å²) in [7, 11) is 0. The second-order valence-corrected chi connectivity index (χ2v) is 6.72. The van der Waals surface area contributed by atoms with Crippen LogP contribution < -0.4 is 10.6 Å². The molecular weight excluding hydrogens is 344 g/mol. The molecular formula is C14H18BrClN2S. The standard InChI is InChI=1S/C14H18BrClN2S/c1-2-14(7-3-4-8-14)18-13(19)17-10-5-6-11(15)12(16)9-10/h5-6,9H,2-4,7-8H2,1H3,(H2,17,18,19). The molecule has 0 aromatic heterocycles. The van der Waals surface area contributed by atoms with E-state index in [-0.39, 0.29) is 5.54 Å². The molecule has 0 radical (unpaired) electrons. The summed E-state index contributed by atoms with van der Waals surface area (Å²) in [4.78, 5) is 0. The zero-order chi connectivity index (χ0) is 13.9. The SMILES string of the molecule is CCC1(NC(=S)Nc2ccc(Br)c(Cl)c2)CCCC1. The lowest BCUT2D eigenvalue weighted by Gasteiger charge is -2.30. The predicted octanol–water partition coefficient (Wildman–Crippen LogP) is 5.11. The van der Waals surface area contributed by atoms with Gasteiger partial charge in [-0.05, 0) is 65.6 Å². The first kappa shape index (κ1) is 15.1. The molecule has 1 aromatic rings. The molecule has 1 saturated carbocycles. The molecule has 2 rings (SSSR count). The fourth-order valence-corrected chi connectivity index (χ4v) is 3.36. The lowest BCUT2D eigenvalue weighted by atomic mass is 9.95. The van der Waals surface area contributed by atoms with E-state index in [2.05, 4.69) is 33.5 Å². The summed E-state index contributed by atoms with van der Waals surface area (Å²) < 4.78 is 0.888. The smallest absolute Gasteiger partial charge is 0.171 e. The molecule has 1 aliphatic rings. The van der Waals surface area contributed by atoms with Gasteiger partial charge in [-0.2, -0.15) is 0 Å². The van der Waals surface area contributed by atoms with E-state index in [0.29, 0.717) is 10.1 Å². The zero-order valence-electron chi connectivity index (χ0n) is 10.9. The monoisotopic (exact) mass is 360 g/mol. The second-order valence-electron chi connectivity index (χ2n) is 5.05. The molecule has 0 heterocycles. The molecule has 0 spiro atoms. The number of hydrogen-bond acceptors (Lipinski definition) is 1. The third-order valence-electron chi connectivity index (χ3n) is 3.79. The molecule has 1 fully saturated rings. The lowest BCUT2D eigenvalue weighted by Crippen LogP contribution is -2.47. The summed E-state index contributed by atoms with van der Waals surface area (Å²) >= 11 is 14.9. The minimum absolute atomic E-state index is 0.184. The van der Waals surface area contributed by atoms with Crippen molar-refractivity contribution in [1.29, 1.82) is 0 Å². The molecule has 0 aliphatic heterocycles. The Morgan fingerprint density at radius 1 is 1.42 bits per heavy atom. The topological polar surface area (TPSA) is 24.1 Å². The molecule has 19 heavy (non-hydrogen) atoms. The van der Waals surface area contributed by atoms with Gasteiger partial charge in [0, 0.05) is 15.7 Å². The zero-order valence-corrected chi connectivity index (χ0v) is 14.1. The third-order valence-corrected chi connectivity index (χ3v) is 5.23. The van der Waals surface area contributed by atoms with Crippen molar-refractivity contribution in [2.24, 2.45) is 0 Å². The first-order valence-electron chi connectivity index (χ1n) is 6.59. The number of thiocarbonyl (C=S) groups is 1. The maximum absolute atomic E-state index is 6.07. The molecule has 0 amide bonds. The molecule has 0 atom stereocenters. The van der Waals surface area contributed by atoms with E-state index in [1.54, 1.807) is 0 Å². The first-order chi connectivity index (χ1) is 9.04. The van der Waals surface area contributed by atoms with Gasteiger partial charge in [-0.25, -0.2) is 0 Å². The molecule has 1 aromatic carbocycles. The van der Waals surface area contributed by atoms with E-state index in [0.717, 1.165) is 16.6 Å². The van der Waals surface area contributed by atoms with E-state index in [1.165, 1.54) is 25.7 Å². The molecule has 0 unspecified atom stereocenters. The molecule has 0 bridgehead atoms.